The van der Waals surface area contributed by atoms with Gasteiger partial charge in [0.15, 0.2) is 0 Å². The van der Waals surface area contributed by atoms with E-state index in [0.29, 0.717) is 12.4 Å². The van der Waals surface area contributed by atoms with Crippen LogP contribution in [0.3, 0.4) is 0 Å². The number of benzene rings is 1. The lowest BCUT2D eigenvalue weighted by Gasteiger charge is -2.10. The van der Waals surface area contributed by atoms with E-state index in [-0.39, 0.29) is 0 Å². The minimum absolute atomic E-state index is 0.562. The van der Waals surface area contributed by atoms with Gasteiger partial charge in [-0.25, -0.2) is 0 Å². The molecule has 0 saturated carbocycles. The number of rotatable bonds is 6. The summed E-state index contributed by atoms with van der Waals surface area (Å²) in [7, 11) is 0. The van der Waals surface area contributed by atoms with Crippen LogP contribution >= 0.6 is 0 Å². The maximum atomic E-state index is 5.78. The molecule has 2 rings (SSSR count). The molecular weight excluding hydrogens is 226 g/mol. The first-order valence-corrected chi connectivity index (χ1v) is 6.29. The number of hydrogen-bond acceptors (Lipinski definition) is 3. The van der Waals surface area contributed by atoms with E-state index in [1.165, 1.54) is 5.56 Å². The normalized spacial score (nSPS) is 10.5. The van der Waals surface area contributed by atoms with E-state index in [1.807, 2.05) is 29.1 Å². The van der Waals surface area contributed by atoms with Crippen molar-refractivity contribution in [1.29, 1.82) is 0 Å². The van der Waals surface area contributed by atoms with Gasteiger partial charge in [0.05, 0.1) is 6.61 Å². The van der Waals surface area contributed by atoms with Crippen molar-refractivity contribution in [3.05, 3.63) is 42.1 Å². The Labute approximate surface area is 107 Å². The highest BCUT2D eigenvalue weighted by atomic mass is 16.5. The molecule has 2 aromatic rings. The maximum absolute atomic E-state index is 5.78. The van der Waals surface area contributed by atoms with Gasteiger partial charge in [-0.1, -0.05) is 25.1 Å². The van der Waals surface area contributed by atoms with Crippen LogP contribution in [0, 0.1) is 0 Å². The number of hydrogen-bond donors (Lipinski definition) is 1. The minimum atomic E-state index is 0.562. The highest BCUT2D eigenvalue weighted by Gasteiger charge is 2.00. The summed E-state index contributed by atoms with van der Waals surface area (Å²) in [6.45, 7) is 3.65. The van der Waals surface area contributed by atoms with E-state index in [0.717, 1.165) is 25.1 Å². The molecule has 1 aromatic heterocycles. The fourth-order valence-corrected chi connectivity index (χ4v) is 1.85. The monoisotopic (exact) mass is 245 g/mol. The Morgan fingerprint density at radius 2 is 2.11 bits per heavy atom. The topological polar surface area (TPSA) is 53.1 Å². The minimum Gasteiger partial charge on any atom is -0.493 e. The lowest BCUT2D eigenvalue weighted by molar-refractivity contribution is 0.296. The van der Waals surface area contributed by atoms with Gasteiger partial charge in [0.2, 0.25) is 0 Å². The van der Waals surface area contributed by atoms with Gasteiger partial charge in [0, 0.05) is 19.2 Å². The molecule has 4 heteroatoms. The highest BCUT2D eigenvalue weighted by Crippen LogP contribution is 2.18. The van der Waals surface area contributed by atoms with Crippen molar-refractivity contribution < 1.29 is 4.74 Å². The highest BCUT2D eigenvalue weighted by molar-refractivity contribution is 5.33. The number of anilines is 1. The predicted molar refractivity (Wildman–Crippen MR) is 72.6 cm³/mol. The second kappa shape index (κ2) is 6.10. The summed E-state index contributed by atoms with van der Waals surface area (Å²) >= 11 is 0. The van der Waals surface area contributed by atoms with Gasteiger partial charge in [-0.15, -0.1) is 0 Å². The zero-order chi connectivity index (χ0) is 12.8. The predicted octanol–water partition coefficient (Wildman–Crippen LogP) is 2.50. The van der Waals surface area contributed by atoms with Gasteiger partial charge in [-0.2, -0.15) is 5.10 Å². The van der Waals surface area contributed by atoms with Crippen LogP contribution < -0.4 is 10.5 Å². The molecule has 4 nitrogen and oxygen atoms in total. The third-order valence-corrected chi connectivity index (χ3v) is 2.80. The van der Waals surface area contributed by atoms with E-state index < -0.39 is 0 Å². The van der Waals surface area contributed by atoms with Gasteiger partial charge in [-0.05, 0) is 24.1 Å². The number of nitrogens with two attached hydrogens (primary N) is 1. The largest absolute Gasteiger partial charge is 0.493 e. The van der Waals surface area contributed by atoms with Gasteiger partial charge in [-0.3, -0.25) is 4.68 Å². The molecule has 0 aliphatic carbocycles. The summed E-state index contributed by atoms with van der Waals surface area (Å²) in [6.07, 6.45) is 3.79. The van der Waals surface area contributed by atoms with Gasteiger partial charge < -0.3 is 10.5 Å². The van der Waals surface area contributed by atoms with Crippen molar-refractivity contribution in [2.24, 2.45) is 0 Å². The Bertz CT molecular complexity index is 493. The fourth-order valence-electron chi connectivity index (χ4n) is 1.85. The Balaban J connectivity index is 1.78. The SMILES string of the molecule is CCc1ccccc1OCCCn1ccc(N)n1. The quantitative estimate of drug-likeness (QED) is 0.795. The number of aromatic nitrogens is 2. The summed E-state index contributed by atoms with van der Waals surface area (Å²) in [5.74, 6) is 1.55. The van der Waals surface area contributed by atoms with E-state index in [1.54, 1.807) is 6.07 Å². The molecule has 96 valence electrons. The molecule has 0 aliphatic heterocycles. The van der Waals surface area contributed by atoms with Gasteiger partial charge in [0.25, 0.3) is 0 Å². The Kier molecular flexibility index (Phi) is 4.23. The van der Waals surface area contributed by atoms with Crippen LogP contribution in [-0.4, -0.2) is 16.4 Å². The van der Waals surface area contributed by atoms with Crippen molar-refractivity contribution in [2.75, 3.05) is 12.3 Å². The average Bonchev–Trinajstić information content (AvgIpc) is 2.81. The second-order valence-corrected chi connectivity index (χ2v) is 4.17. The second-order valence-electron chi connectivity index (χ2n) is 4.17. The van der Waals surface area contributed by atoms with Crippen LogP contribution in [0.25, 0.3) is 0 Å². The number of para-hydroxylation sites is 1. The molecule has 1 aromatic carbocycles. The molecule has 0 aliphatic rings. The van der Waals surface area contributed by atoms with Crippen LogP contribution in [0.5, 0.6) is 5.75 Å². The Hall–Kier alpha value is -1.97. The molecule has 0 atom stereocenters. The van der Waals surface area contributed by atoms with Crippen molar-refractivity contribution in [1.82, 2.24) is 9.78 Å². The number of nitrogen functional groups attached to an aromatic ring is 1. The third kappa shape index (κ3) is 3.26. The standard InChI is InChI=1S/C14H19N3O/c1-2-12-6-3-4-7-13(12)18-11-5-9-17-10-8-14(15)16-17/h3-4,6-8,10H,2,5,9,11H2,1H3,(H2,15,16). The summed E-state index contributed by atoms with van der Waals surface area (Å²) in [4.78, 5) is 0. The first kappa shape index (κ1) is 12.5. The molecule has 0 bridgehead atoms. The number of ether oxygens (including phenoxy) is 1. The fraction of sp³-hybridized carbons (Fsp3) is 0.357. The average molecular weight is 245 g/mol. The van der Waals surface area contributed by atoms with Gasteiger partial charge >= 0.3 is 0 Å². The molecule has 1 heterocycles. The summed E-state index contributed by atoms with van der Waals surface area (Å²) in [5, 5.41) is 4.13. The number of nitrogens with zero attached hydrogens (tertiary/aromatic N) is 2. The molecule has 0 amide bonds. The zero-order valence-corrected chi connectivity index (χ0v) is 10.7. The molecule has 0 saturated heterocycles. The van der Waals surface area contributed by atoms with E-state index >= 15 is 0 Å². The van der Waals surface area contributed by atoms with E-state index in [4.69, 9.17) is 10.5 Å². The first-order chi connectivity index (χ1) is 8.79. The van der Waals surface area contributed by atoms with Crippen LogP contribution in [0.2, 0.25) is 0 Å². The smallest absolute Gasteiger partial charge is 0.145 e. The van der Waals surface area contributed by atoms with Crippen LogP contribution in [0.4, 0.5) is 5.82 Å². The van der Waals surface area contributed by atoms with E-state index in [2.05, 4.69) is 18.1 Å². The van der Waals surface area contributed by atoms with Crippen LogP contribution in [0.15, 0.2) is 36.5 Å². The molecule has 18 heavy (non-hydrogen) atoms. The summed E-state index contributed by atoms with van der Waals surface area (Å²) in [5.41, 5.74) is 6.80. The molecule has 0 fully saturated rings. The molecule has 0 unspecified atom stereocenters. The lowest BCUT2D eigenvalue weighted by Crippen LogP contribution is -2.06. The van der Waals surface area contributed by atoms with Crippen molar-refractivity contribution in [3.8, 4) is 5.75 Å². The van der Waals surface area contributed by atoms with Crippen LogP contribution in [-0.2, 0) is 13.0 Å². The zero-order valence-electron chi connectivity index (χ0n) is 10.7. The summed E-state index contributed by atoms with van der Waals surface area (Å²) in [6, 6.07) is 9.96. The van der Waals surface area contributed by atoms with E-state index in [9.17, 15) is 0 Å². The third-order valence-electron chi connectivity index (χ3n) is 2.80. The van der Waals surface area contributed by atoms with Crippen molar-refractivity contribution in [2.45, 2.75) is 26.3 Å². The first-order valence-electron chi connectivity index (χ1n) is 6.29. The lowest BCUT2D eigenvalue weighted by atomic mass is 10.1. The molecule has 2 N–H and O–H groups in total. The Morgan fingerprint density at radius 3 is 2.83 bits per heavy atom. The van der Waals surface area contributed by atoms with Crippen molar-refractivity contribution in [3.63, 3.8) is 0 Å². The van der Waals surface area contributed by atoms with Crippen molar-refractivity contribution >= 4 is 5.82 Å². The molecule has 0 spiro atoms. The Morgan fingerprint density at radius 1 is 1.28 bits per heavy atom. The summed E-state index contributed by atoms with van der Waals surface area (Å²) < 4.78 is 7.62. The molecule has 0 radical (unpaired) electrons. The molecular formula is C14H19N3O. The number of aryl methyl sites for hydroxylation is 2. The van der Waals surface area contributed by atoms with Gasteiger partial charge in [0.1, 0.15) is 11.6 Å². The maximum Gasteiger partial charge on any atom is 0.145 e. The van der Waals surface area contributed by atoms with Crippen LogP contribution in [0.1, 0.15) is 18.9 Å².